The first-order chi connectivity index (χ1) is 15.9. The van der Waals surface area contributed by atoms with Crippen LogP contribution in [0.15, 0.2) is 73.0 Å². The van der Waals surface area contributed by atoms with E-state index in [1.54, 1.807) is 6.92 Å². The van der Waals surface area contributed by atoms with Crippen LogP contribution >= 0.6 is 0 Å². The third kappa shape index (κ3) is 6.36. The van der Waals surface area contributed by atoms with Gasteiger partial charge in [-0.15, -0.1) is 0 Å². The van der Waals surface area contributed by atoms with Gasteiger partial charge >= 0.3 is 5.97 Å². The molecule has 3 rings (SSSR count). The molecular weight excluding hydrogens is 428 g/mol. The van der Waals surface area contributed by atoms with Gasteiger partial charge in [0.25, 0.3) is 8.32 Å². The van der Waals surface area contributed by atoms with Gasteiger partial charge in [-0.25, -0.2) is 4.79 Å². The average molecular weight is 467 g/mol. The van der Waals surface area contributed by atoms with Gasteiger partial charge in [-0.3, -0.25) is 0 Å². The summed E-state index contributed by atoms with van der Waals surface area (Å²) in [6.45, 7) is 9.89. The SMILES string of the molecule is CCOC(=O)/C=C/OC1CCC(CO[Si](c2ccccc2)(c2ccccc2)C(C)(C)C)CC1. The first-order valence-electron chi connectivity index (χ1n) is 12.1. The largest absolute Gasteiger partial charge is 0.498 e. The zero-order valence-electron chi connectivity index (χ0n) is 20.5. The van der Waals surface area contributed by atoms with Crippen molar-refractivity contribution in [2.75, 3.05) is 13.2 Å². The minimum Gasteiger partial charge on any atom is -0.498 e. The van der Waals surface area contributed by atoms with Crippen molar-refractivity contribution < 1.29 is 18.7 Å². The first-order valence-corrected chi connectivity index (χ1v) is 14.0. The van der Waals surface area contributed by atoms with Gasteiger partial charge in [-0.05, 0) is 53.9 Å². The summed E-state index contributed by atoms with van der Waals surface area (Å²) in [6, 6.07) is 21.6. The predicted molar refractivity (Wildman–Crippen MR) is 136 cm³/mol. The van der Waals surface area contributed by atoms with Crippen molar-refractivity contribution in [1.82, 2.24) is 0 Å². The average Bonchev–Trinajstić information content (AvgIpc) is 2.81. The summed E-state index contributed by atoms with van der Waals surface area (Å²) >= 11 is 0. The maximum absolute atomic E-state index is 11.4. The van der Waals surface area contributed by atoms with E-state index in [4.69, 9.17) is 13.9 Å². The lowest BCUT2D eigenvalue weighted by Crippen LogP contribution is -2.67. The maximum atomic E-state index is 11.4. The predicted octanol–water partition coefficient (Wildman–Crippen LogP) is 5.22. The van der Waals surface area contributed by atoms with Crippen LogP contribution in [0.3, 0.4) is 0 Å². The summed E-state index contributed by atoms with van der Waals surface area (Å²) in [6.07, 6.45) is 7.08. The van der Waals surface area contributed by atoms with Gasteiger partial charge in [-0.1, -0.05) is 81.4 Å². The molecule has 0 aliphatic heterocycles. The fourth-order valence-corrected chi connectivity index (χ4v) is 9.48. The van der Waals surface area contributed by atoms with Crippen molar-refractivity contribution in [3.05, 3.63) is 73.0 Å². The molecule has 0 N–H and O–H groups in total. The number of carbonyl (C=O) groups excluding carboxylic acids is 1. The highest BCUT2D eigenvalue weighted by molar-refractivity contribution is 6.99. The van der Waals surface area contributed by atoms with E-state index in [0.717, 1.165) is 32.3 Å². The molecule has 0 bridgehead atoms. The Bertz CT molecular complexity index is 842. The second-order valence-electron chi connectivity index (χ2n) is 9.81. The highest BCUT2D eigenvalue weighted by Gasteiger charge is 2.50. The smallest absolute Gasteiger partial charge is 0.333 e. The first kappa shape index (κ1) is 25.3. The fraction of sp³-hybridized carbons (Fsp3) is 0.464. The summed E-state index contributed by atoms with van der Waals surface area (Å²) < 4.78 is 17.8. The molecule has 0 aromatic heterocycles. The topological polar surface area (TPSA) is 44.8 Å². The summed E-state index contributed by atoms with van der Waals surface area (Å²) in [5, 5.41) is 2.64. The van der Waals surface area contributed by atoms with E-state index in [1.807, 2.05) is 0 Å². The van der Waals surface area contributed by atoms with Crippen LogP contribution in [0.1, 0.15) is 53.4 Å². The quantitative estimate of drug-likeness (QED) is 0.220. The van der Waals surface area contributed by atoms with Gasteiger partial charge < -0.3 is 13.9 Å². The van der Waals surface area contributed by atoms with Crippen molar-refractivity contribution in [3.63, 3.8) is 0 Å². The van der Waals surface area contributed by atoms with Crippen molar-refractivity contribution in [3.8, 4) is 0 Å². The van der Waals surface area contributed by atoms with E-state index in [2.05, 4.69) is 81.4 Å². The van der Waals surface area contributed by atoms with Crippen molar-refractivity contribution in [2.45, 2.75) is 64.5 Å². The molecule has 2 aromatic rings. The number of carbonyl (C=O) groups is 1. The molecule has 1 fully saturated rings. The number of hydrogen-bond acceptors (Lipinski definition) is 4. The van der Waals surface area contributed by atoms with Gasteiger partial charge in [-0.2, -0.15) is 0 Å². The van der Waals surface area contributed by atoms with E-state index in [1.165, 1.54) is 22.7 Å². The lowest BCUT2D eigenvalue weighted by molar-refractivity contribution is -0.137. The standard InChI is InChI=1S/C28H38O4Si/c1-5-30-27(29)20-21-31-24-18-16-23(17-19-24)22-32-33(28(2,3)4,25-12-8-6-9-13-25)26-14-10-7-11-15-26/h6-15,20-21,23-24H,5,16-19,22H2,1-4H3/b21-20+. The second kappa shape index (κ2) is 11.7. The molecule has 0 spiro atoms. The summed E-state index contributed by atoms with van der Waals surface area (Å²) in [5.41, 5.74) is 0. The molecule has 0 saturated heterocycles. The molecule has 0 amide bonds. The van der Waals surface area contributed by atoms with Gasteiger partial charge in [0.1, 0.15) is 0 Å². The van der Waals surface area contributed by atoms with Crippen LogP contribution in [0.2, 0.25) is 5.04 Å². The number of ether oxygens (including phenoxy) is 2. The Labute approximate surface area is 200 Å². The monoisotopic (exact) mass is 466 g/mol. The van der Waals surface area contributed by atoms with Crippen molar-refractivity contribution in [2.24, 2.45) is 5.92 Å². The molecule has 33 heavy (non-hydrogen) atoms. The number of benzene rings is 2. The van der Waals surface area contributed by atoms with Gasteiger partial charge in [0.05, 0.1) is 25.0 Å². The number of rotatable bonds is 9. The van der Waals surface area contributed by atoms with E-state index >= 15 is 0 Å². The molecule has 1 aliphatic rings. The lowest BCUT2D eigenvalue weighted by atomic mass is 9.88. The van der Waals surface area contributed by atoms with E-state index in [-0.39, 0.29) is 17.1 Å². The zero-order valence-corrected chi connectivity index (χ0v) is 21.5. The Morgan fingerprint density at radius 1 is 0.939 bits per heavy atom. The Hall–Kier alpha value is -2.37. The van der Waals surface area contributed by atoms with Crippen LogP contribution in [0.5, 0.6) is 0 Å². The summed E-state index contributed by atoms with van der Waals surface area (Å²) in [7, 11) is -2.49. The highest BCUT2D eigenvalue weighted by Crippen LogP contribution is 2.38. The summed E-state index contributed by atoms with van der Waals surface area (Å²) in [5.74, 6) is 0.158. The molecule has 1 saturated carbocycles. The van der Waals surface area contributed by atoms with Crippen LogP contribution in [0, 0.1) is 5.92 Å². The van der Waals surface area contributed by atoms with Crippen molar-refractivity contribution >= 4 is 24.7 Å². The highest BCUT2D eigenvalue weighted by atomic mass is 28.4. The zero-order chi connectivity index (χ0) is 23.7. The van der Waals surface area contributed by atoms with E-state index in [9.17, 15) is 4.79 Å². The third-order valence-electron chi connectivity index (χ3n) is 6.51. The normalized spacial score (nSPS) is 19.4. The summed E-state index contributed by atoms with van der Waals surface area (Å²) in [4.78, 5) is 11.4. The lowest BCUT2D eigenvalue weighted by Gasteiger charge is -2.44. The minimum absolute atomic E-state index is 0.00604. The molecule has 0 radical (unpaired) electrons. The van der Waals surface area contributed by atoms with Gasteiger partial charge in [0, 0.05) is 6.61 Å². The van der Waals surface area contributed by atoms with Crippen LogP contribution in [0.4, 0.5) is 0 Å². The molecule has 178 valence electrons. The van der Waals surface area contributed by atoms with E-state index in [0.29, 0.717) is 12.5 Å². The van der Waals surface area contributed by atoms with Crippen LogP contribution in [-0.4, -0.2) is 33.6 Å². The van der Waals surface area contributed by atoms with Crippen LogP contribution < -0.4 is 10.4 Å². The molecule has 4 nitrogen and oxygen atoms in total. The maximum Gasteiger partial charge on any atom is 0.333 e. The molecular formula is C28H38O4Si. The van der Waals surface area contributed by atoms with Crippen LogP contribution in [-0.2, 0) is 18.7 Å². The molecule has 0 atom stereocenters. The Kier molecular flexibility index (Phi) is 8.92. The Morgan fingerprint density at radius 2 is 1.48 bits per heavy atom. The number of esters is 1. The third-order valence-corrected chi connectivity index (χ3v) is 11.5. The van der Waals surface area contributed by atoms with E-state index < -0.39 is 8.32 Å². The Balaban J connectivity index is 1.69. The van der Waals surface area contributed by atoms with Gasteiger partial charge in [0.15, 0.2) is 0 Å². The van der Waals surface area contributed by atoms with Gasteiger partial charge in [0.2, 0.25) is 0 Å². The van der Waals surface area contributed by atoms with Crippen LogP contribution in [0.25, 0.3) is 0 Å². The number of hydrogen-bond donors (Lipinski definition) is 0. The fourth-order valence-electron chi connectivity index (χ4n) is 4.84. The second-order valence-corrected chi connectivity index (χ2v) is 14.1. The molecule has 1 aliphatic carbocycles. The molecule has 0 unspecified atom stereocenters. The van der Waals surface area contributed by atoms with Crippen molar-refractivity contribution in [1.29, 1.82) is 0 Å². The molecule has 0 heterocycles. The molecule has 5 heteroatoms. The molecule has 2 aromatic carbocycles. The minimum atomic E-state index is -2.49. The Morgan fingerprint density at radius 3 is 1.97 bits per heavy atom.